The molecule has 0 unspecified atom stereocenters. The van der Waals surface area contributed by atoms with E-state index in [1.807, 2.05) is 12.1 Å². The van der Waals surface area contributed by atoms with Gasteiger partial charge in [0.15, 0.2) is 5.65 Å². The van der Waals surface area contributed by atoms with E-state index in [4.69, 9.17) is 4.74 Å². The lowest BCUT2D eigenvalue weighted by Gasteiger charge is -2.12. The monoisotopic (exact) mass is 373 g/mol. The van der Waals surface area contributed by atoms with Crippen LogP contribution in [0.2, 0.25) is 0 Å². The van der Waals surface area contributed by atoms with Crippen LogP contribution in [0.15, 0.2) is 42.5 Å². The van der Waals surface area contributed by atoms with Crippen molar-refractivity contribution in [3.05, 3.63) is 53.6 Å². The SMILES string of the molecule is COc1ccc2[nH]c3nc(NCc4ccccc4C(F)(F)F)nnc3c2c1. The van der Waals surface area contributed by atoms with Gasteiger partial charge in [-0.3, -0.25) is 0 Å². The standard InChI is InChI=1S/C18H14F3N5O/c1-27-11-6-7-14-12(8-11)15-16(23-14)24-17(26-25-15)22-9-10-4-2-3-5-13(10)18(19,20)21/h2-8H,9H2,1H3,(H2,22,23,24,26). The summed E-state index contributed by atoms with van der Waals surface area (Å²) in [6, 6.07) is 10.8. The van der Waals surface area contributed by atoms with Crippen molar-refractivity contribution in [1.82, 2.24) is 20.2 Å². The molecule has 4 aromatic rings. The number of hydrogen-bond acceptors (Lipinski definition) is 5. The summed E-state index contributed by atoms with van der Waals surface area (Å²) < 4.78 is 44.4. The number of aromatic amines is 1. The lowest BCUT2D eigenvalue weighted by Crippen LogP contribution is -2.12. The molecule has 138 valence electrons. The molecule has 0 amide bonds. The Balaban J connectivity index is 1.63. The Bertz CT molecular complexity index is 1120. The molecule has 4 rings (SSSR count). The second-order valence-corrected chi connectivity index (χ2v) is 5.88. The molecular formula is C18H14F3N5O. The van der Waals surface area contributed by atoms with Gasteiger partial charge in [-0.05, 0) is 29.8 Å². The number of hydrogen-bond donors (Lipinski definition) is 2. The second-order valence-electron chi connectivity index (χ2n) is 5.88. The van der Waals surface area contributed by atoms with Crippen LogP contribution in [0.4, 0.5) is 19.1 Å². The molecule has 27 heavy (non-hydrogen) atoms. The predicted molar refractivity (Wildman–Crippen MR) is 94.5 cm³/mol. The Kier molecular flexibility index (Phi) is 4.06. The van der Waals surface area contributed by atoms with Crippen molar-refractivity contribution in [2.45, 2.75) is 12.7 Å². The Labute approximate surface area is 151 Å². The van der Waals surface area contributed by atoms with E-state index >= 15 is 0 Å². The zero-order chi connectivity index (χ0) is 19.0. The van der Waals surface area contributed by atoms with Crippen molar-refractivity contribution in [3.63, 3.8) is 0 Å². The van der Waals surface area contributed by atoms with Gasteiger partial charge in [0.25, 0.3) is 0 Å². The third-order valence-corrected chi connectivity index (χ3v) is 4.18. The second kappa shape index (κ2) is 6.42. The van der Waals surface area contributed by atoms with Crippen LogP contribution in [-0.2, 0) is 12.7 Å². The van der Waals surface area contributed by atoms with Gasteiger partial charge in [0.1, 0.15) is 11.3 Å². The van der Waals surface area contributed by atoms with Crippen molar-refractivity contribution >= 4 is 28.0 Å². The third-order valence-electron chi connectivity index (χ3n) is 4.18. The molecule has 0 aliphatic carbocycles. The first-order chi connectivity index (χ1) is 13.0. The van der Waals surface area contributed by atoms with E-state index in [1.54, 1.807) is 19.2 Å². The average Bonchev–Trinajstić information content (AvgIpc) is 3.02. The topological polar surface area (TPSA) is 75.7 Å². The smallest absolute Gasteiger partial charge is 0.416 e. The number of methoxy groups -OCH3 is 1. The van der Waals surface area contributed by atoms with Crippen molar-refractivity contribution in [1.29, 1.82) is 0 Å². The van der Waals surface area contributed by atoms with Crippen LogP contribution in [0.3, 0.4) is 0 Å². The fourth-order valence-corrected chi connectivity index (χ4v) is 2.88. The van der Waals surface area contributed by atoms with Gasteiger partial charge >= 0.3 is 6.18 Å². The van der Waals surface area contributed by atoms with E-state index in [-0.39, 0.29) is 18.1 Å². The highest BCUT2D eigenvalue weighted by Crippen LogP contribution is 2.32. The van der Waals surface area contributed by atoms with Crippen molar-refractivity contribution < 1.29 is 17.9 Å². The molecule has 0 spiro atoms. The maximum Gasteiger partial charge on any atom is 0.416 e. The zero-order valence-electron chi connectivity index (χ0n) is 14.1. The normalized spacial score (nSPS) is 11.9. The molecule has 6 nitrogen and oxygen atoms in total. The van der Waals surface area contributed by atoms with Gasteiger partial charge in [0.2, 0.25) is 5.95 Å². The number of ether oxygens (including phenoxy) is 1. The molecule has 0 fully saturated rings. The number of benzene rings is 2. The number of nitrogens with one attached hydrogen (secondary N) is 2. The van der Waals surface area contributed by atoms with E-state index in [0.717, 1.165) is 17.0 Å². The summed E-state index contributed by atoms with van der Waals surface area (Å²) in [6.45, 7) is -0.0725. The van der Waals surface area contributed by atoms with Gasteiger partial charge in [-0.2, -0.15) is 18.2 Å². The summed E-state index contributed by atoms with van der Waals surface area (Å²) in [5, 5.41) is 11.7. The van der Waals surface area contributed by atoms with Gasteiger partial charge in [0.05, 0.1) is 12.7 Å². The molecule has 9 heteroatoms. The van der Waals surface area contributed by atoms with Gasteiger partial charge in [-0.25, -0.2) is 0 Å². The molecule has 0 saturated carbocycles. The Hall–Kier alpha value is -3.36. The number of nitrogens with zero attached hydrogens (tertiary/aromatic N) is 3. The van der Waals surface area contributed by atoms with Crippen molar-refractivity contribution in [2.75, 3.05) is 12.4 Å². The Morgan fingerprint density at radius 3 is 2.70 bits per heavy atom. The lowest BCUT2D eigenvalue weighted by molar-refractivity contribution is -0.138. The van der Waals surface area contributed by atoms with E-state index in [2.05, 4.69) is 25.5 Å². The van der Waals surface area contributed by atoms with Crippen molar-refractivity contribution in [2.24, 2.45) is 0 Å². The Morgan fingerprint density at radius 2 is 1.93 bits per heavy atom. The fraction of sp³-hybridized carbons (Fsp3) is 0.167. The molecule has 2 aromatic heterocycles. The third kappa shape index (κ3) is 3.23. The highest BCUT2D eigenvalue weighted by atomic mass is 19.4. The summed E-state index contributed by atoms with van der Waals surface area (Å²) in [6.07, 6.45) is -4.42. The van der Waals surface area contributed by atoms with Crippen LogP contribution in [0.25, 0.3) is 22.1 Å². The summed E-state index contributed by atoms with van der Waals surface area (Å²) in [5.74, 6) is 0.814. The quantitative estimate of drug-likeness (QED) is 0.562. The van der Waals surface area contributed by atoms with E-state index in [9.17, 15) is 13.2 Å². The van der Waals surface area contributed by atoms with Crippen LogP contribution in [0.5, 0.6) is 5.75 Å². The minimum Gasteiger partial charge on any atom is -0.497 e. The summed E-state index contributed by atoms with van der Waals surface area (Å²) in [7, 11) is 1.57. The van der Waals surface area contributed by atoms with Crippen LogP contribution in [0, 0.1) is 0 Å². The highest BCUT2D eigenvalue weighted by Gasteiger charge is 2.32. The maximum absolute atomic E-state index is 13.1. The predicted octanol–water partition coefficient (Wildman–Crippen LogP) is 4.15. The van der Waals surface area contributed by atoms with E-state index in [0.29, 0.717) is 16.9 Å². The number of anilines is 1. The van der Waals surface area contributed by atoms with Gasteiger partial charge in [0, 0.05) is 17.4 Å². The lowest BCUT2D eigenvalue weighted by atomic mass is 10.1. The van der Waals surface area contributed by atoms with Crippen LogP contribution in [0.1, 0.15) is 11.1 Å². The molecule has 0 aliphatic rings. The number of rotatable bonds is 4. The molecular weight excluding hydrogens is 359 g/mol. The minimum atomic E-state index is -4.42. The first kappa shape index (κ1) is 17.1. The molecule has 2 N–H and O–H groups in total. The molecule has 0 bridgehead atoms. The average molecular weight is 373 g/mol. The number of aromatic nitrogens is 4. The Morgan fingerprint density at radius 1 is 1.11 bits per heavy atom. The largest absolute Gasteiger partial charge is 0.497 e. The van der Waals surface area contributed by atoms with Crippen LogP contribution in [-0.4, -0.2) is 27.3 Å². The van der Waals surface area contributed by atoms with Crippen LogP contribution >= 0.6 is 0 Å². The van der Waals surface area contributed by atoms with Gasteiger partial charge < -0.3 is 15.0 Å². The van der Waals surface area contributed by atoms with E-state index in [1.165, 1.54) is 12.1 Å². The number of alkyl halides is 3. The zero-order valence-corrected chi connectivity index (χ0v) is 14.1. The van der Waals surface area contributed by atoms with E-state index < -0.39 is 11.7 Å². The number of H-pyrrole nitrogens is 1. The van der Waals surface area contributed by atoms with Crippen molar-refractivity contribution in [3.8, 4) is 5.75 Å². The summed E-state index contributed by atoms with van der Waals surface area (Å²) >= 11 is 0. The molecule has 0 radical (unpaired) electrons. The molecule has 0 atom stereocenters. The summed E-state index contributed by atoms with van der Waals surface area (Å²) in [5.41, 5.74) is 1.27. The first-order valence-corrected chi connectivity index (χ1v) is 8.05. The number of fused-ring (bicyclic) bond motifs is 3. The fourth-order valence-electron chi connectivity index (χ4n) is 2.88. The van der Waals surface area contributed by atoms with Gasteiger partial charge in [-0.1, -0.05) is 18.2 Å². The minimum absolute atomic E-state index is 0.0725. The molecule has 0 saturated heterocycles. The number of halogens is 3. The van der Waals surface area contributed by atoms with Crippen LogP contribution < -0.4 is 10.1 Å². The van der Waals surface area contributed by atoms with Gasteiger partial charge in [-0.15, -0.1) is 10.2 Å². The molecule has 0 aliphatic heterocycles. The molecule has 2 aromatic carbocycles. The highest BCUT2D eigenvalue weighted by molar-refractivity contribution is 6.03. The first-order valence-electron chi connectivity index (χ1n) is 8.05. The maximum atomic E-state index is 13.1. The summed E-state index contributed by atoms with van der Waals surface area (Å²) in [4.78, 5) is 7.43. The molecule has 2 heterocycles.